The fraction of sp³-hybridized carbons (Fsp3) is 0.500. The van der Waals surface area contributed by atoms with Gasteiger partial charge in [-0.05, 0) is 18.6 Å². The van der Waals surface area contributed by atoms with Gasteiger partial charge in [-0.2, -0.15) is 36.3 Å². The van der Waals surface area contributed by atoms with Gasteiger partial charge in [0.15, 0.2) is 17.7 Å². The second-order valence-corrected chi connectivity index (χ2v) is 7.77. The van der Waals surface area contributed by atoms with Crippen LogP contribution in [-0.4, -0.2) is 48.3 Å². The van der Waals surface area contributed by atoms with Crippen LogP contribution in [0.3, 0.4) is 0 Å². The maximum Gasteiger partial charge on any atom is 0.425 e. The number of benzene rings is 1. The molecule has 0 saturated carbocycles. The molecule has 2 heterocycles. The van der Waals surface area contributed by atoms with Crippen LogP contribution >= 0.6 is 0 Å². The largest absolute Gasteiger partial charge is 0.451 e. The van der Waals surface area contributed by atoms with E-state index >= 15 is 0 Å². The van der Waals surface area contributed by atoms with Crippen molar-refractivity contribution in [2.24, 2.45) is 0 Å². The molecule has 1 aromatic carbocycles. The van der Waals surface area contributed by atoms with Gasteiger partial charge >= 0.3 is 18.4 Å². The SMILES string of the molecule is CNNc1c(NCc2ccccc2C(F)(F)F)nc(OC(C)C(F)(F)F)nc1N1CCC(F)(F)C1. The van der Waals surface area contributed by atoms with Crippen molar-refractivity contribution in [3.05, 3.63) is 35.4 Å². The van der Waals surface area contributed by atoms with E-state index in [9.17, 15) is 35.1 Å². The van der Waals surface area contributed by atoms with Crippen LogP contribution in [0.5, 0.6) is 6.01 Å². The molecule has 3 rings (SSSR count). The molecule has 7 nitrogen and oxygen atoms in total. The van der Waals surface area contributed by atoms with Gasteiger partial charge < -0.3 is 20.4 Å². The summed E-state index contributed by atoms with van der Waals surface area (Å²) in [4.78, 5) is 8.91. The van der Waals surface area contributed by atoms with Crippen molar-refractivity contribution in [1.82, 2.24) is 15.4 Å². The minimum atomic E-state index is -4.77. The smallest absolute Gasteiger partial charge is 0.425 e. The first-order valence-electron chi connectivity index (χ1n) is 10.3. The molecule has 1 saturated heterocycles. The van der Waals surface area contributed by atoms with Crippen molar-refractivity contribution < 1.29 is 39.9 Å². The van der Waals surface area contributed by atoms with Crippen LogP contribution in [0.25, 0.3) is 0 Å². The highest BCUT2D eigenvalue weighted by molar-refractivity contribution is 5.78. The highest BCUT2D eigenvalue weighted by Gasteiger charge is 2.42. The Morgan fingerprint density at radius 3 is 2.37 bits per heavy atom. The summed E-state index contributed by atoms with van der Waals surface area (Å²) in [6.07, 6.45) is -12.3. The van der Waals surface area contributed by atoms with Gasteiger partial charge in [-0.15, -0.1) is 0 Å². The molecular formula is C20H22F8N6O. The summed E-state index contributed by atoms with van der Waals surface area (Å²) in [6.45, 7) is -0.672. The number of hydrazine groups is 1. The molecule has 194 valence electrons. The molecule has 2 aromatic rings. The zero-order chi connectivity index (χ0) is 26.0. The monoisotopic (exact) mass is 514 g/mol. The average molecular weight is 514 g/mol. The van der Waals surface area contributed by atoms with Crippen molar-refractivity contribution in [2.45, 2.75) is 44.3 Å². The lowest BCUT2D eigenvalue weighted by atomic mass is 10.1. The lowest BCUT2D eigenvalue weighted by molar-refractivity contribution is -0.190. The van der Waals surface area contributed by atoms with Crippen LogP contribution in [0.15, 0.2) is 24.3 Å². The Morgan fingerprint density at radius 1 is 1.11 bits per heavy atom. The van der Waals surface area contributed by atoms with E-state index in [1.54, 1.807) is 0 Å². The molecule has 0 spiro atoms. The standard InChI is InChI=1S/C20H22F8N6O/c1-11(19(23,24)25)35-17-31-15(30-9-12-5-3-4-6-13(12)20(26,27)28)14(33-29-2)16(32-17)34-8-7-18(21,22)10-34/h3-6,11,29,33H,7-10H2,1-2H3,(H,30,31,32). The number of nitrogens with one attached hydrogen (secondary N) is 3. The first-order valence-corrected chi connectivity index (χ1v) is 10.3. The molecule has 0 aliphatic carbocycles. The number of rotatable bonds is 8. The topological polar surface area (TPSA) is 74.3 Å². The van der Waals surface area contributed by atoms with Gasteiger partial charge in [0.1, 0.15) is 5.69 Å². The zero-order valence-electron chi connectivity index (χ0n) is 18.5. The third kappa shape index (κ3) is 6.52. The van der Waals surface area contributed by atoms with E-state index in [0.29, 0.717) is 6.92 Å². The summed E-state index contributed by atoms with van der Waals surface area (Å²) < 4.78 is 112. The fourth-order valence-corrected chi connectivity index (χ4v) is 3.35. The van der Waals surface area contributed by atoms with Crippen molar-refractivity contribution in [1.29, 1.82) is 0 Å². The van der Waals surface area contributed by atoms with E-state index < -0.39 is 55.5 Å². The summed E-state index contributed by atoms with van der Waals surface area (Å²) in [5.74, 6) is -3.52. The Balaban J connectivity index is 2.03. The lowest BCUT2D eigenvalue weighted by Crippen LogP contribution is -2.33. The fourth-order valence-electron chi connectivity index (χ4n) is 3.35. The molecule has 0 amide bonds. The van der Waals surface area contributed by atoms with E-state index in [4.69, 9.17) is 4.74 Å². The average Bonchev–Trinajstić information content (AvgIpc) is 3.12. The molecule has 0 bridgehead atoms. The zero-order valence-corrected chi connectivity index (χ0v) is 18.5. The quantitative estimate of drug-likeness (QED) is 0.344. The Kier molecular flexibility index (Phi) is 7.48. The molecule has 3 N–H and O–H groups in total. The maximum atomic E-state index is 13.9. The van der Waals surface area contributed by atoms with E-state index in [2.05, 4.69) is 26.1 Å². The number of hydrogen-bond acceptors (Lipinski definition) is 7. The molecule has 1 unspecified atom stereocenters. The number of aromatic nitrogens is 2. The summed E-state index contributed by atoms with van der Waals surface area (Å²) in [5.41, 5.74) is 4.01. The molecule has 1 atom stereocenters. The number of halogens is 8. The predicted molar refractivity (Wildman–Crippen MR) is 111 cm³/mol. The van der Waals surface area contributed by atoms with Gasteiger partial charge in [-0.3, -0.25) is 0 Å². The van der Waals surface area contributed by atoms with Gasteiger partial charge in [-0.25, -0.2) is 14.2 Å². The van der Waals surface area contributed by atoms with E-state index in [1.165, 1.54) is 25.2 Å². The van der Waals surface area contributed by atoms with Crippen LogP contribution in [0.4, 0.5) is 52.4 Å². The van der Waals surface area contributed by atoms with Crippen LogP contribution in [-0.2, 0) is 12.7 Å². The predicted octanol–water partition coefficient (Wildman–Crippen LogP) is 4.83. The number of nitrogens with zero attached hydrogens (tertiary/aromatic N) is 3. The minimum Gasteiger partial charge on any atom is -0.451 e. The van der Waals surface area contributed by atoms with Crippen molar-refractivity contribution in [3.63, 3.8) is 0 Å². The van der Waals surface area contributed by atoms with Crippen molar-refractivity contribution >= 4 is 17.3 Å². The Labute approximate surface area is 194 Å². The normalized spacial score (nSPS) is 16.8. The van der Waals surface area contributed by atoms with Crippen LogP contribution in [0.1, 0.15) is 24.5 Å². The van der Waals surface area contributed by atoms with E-state index in [0.717, 1.165) is 11.0 Å². The molecule has 1 fully saturated rings. The first kappa shape index (κ1) is 26.5. The summed E-state index contributed by atoms with van der Waals surface area (Å²) >= 11 is 0. The molecule has 35 heavy (non-hydrogen) atoms. The first-order chi connectivity index (χ1) is 16.2. The lowest BCUT2D eigenvalue weighted by Gasteiger charge is -2.25. The molecule has 1 aliphatic heterocycles. The number of alkyl halides is 8. The summed E-state index contributed by atoms with van der Waals surface area (Å²) in [7, 11) is 1.42. The second kappa shape index (κ2) is 9.87. The third-order valence-electron chi connectivity index (χ3n) is 5.10. The highest BCUT2D eigenvalue weighted by atomic mass is 19.4. The highest BCUT2D eigenvalue weighted by Crippen LogP contribution is 2.39. The van der Waals surface area contributed by atoms with Crippen LogP contribution in [0.2, 0.25) is 0 Å². The Hall–Kier alpha value is -3.10. The van der Waals surface area contributed by atoms with Crippen LogP contribution < -0.4 is 25.8 Å². The second-order valence-electron chi connectivity index (χ2n) is 7.77. The van der Waals surface area contributed by atoms with E-state index in [-0.39, 0.29) is 29.4 Å². The summed E-state index contributed by atoms with van der Waals surface area (Å²) in [6, 6.07) is 3.90. The Bertz CT molecular complexity index is 1030. The van der Waals surface area contributed by atoms with Crippen molar-refractivity contribution in [3.8, 4) is 6.01 Å². The number of anilines is 3. The molecule has 1 aromatic heterocycles. The van der Waals surface area contributed by atoms with Gasteiger partial charge in [0, 0.05) is 26.6 Å². The van der Waals surface area contributed by atoms with Gasteiger partial charge in [0.25, 0.3) is 5.92 Å². The molecule has 0 radical (unpaired) electrons. The molecular weight excluding hydrogens is 492 g/mol. The third-order valence-corrected chi connectivity index (χ3v) is 5.10. The van der Waals surface area contributed by atoms with Crippen LogP contribution in [0, 0.1) is 0 Å². The van der Waals surface area contributed by atoms with E-state index in [1.807, 2.05) is 0 Å². The van der Waals surface area contributed by atoms with Gasteiger partial charge in [0.2, 0.25) is 0 Å². The Morgan fingerprint density at radius 2 is 1.80 bits per heavy atom. The summed E-state index contributed by atoms with van der Waals surface area (Å²) in [5, 5.41) is 2.63. The maximum absolute atomic E-state index is 13.9. The van der Waals surface area contributed by atoms with Gasteiger partial charge in [0.05, 0.1) is 12.1 Å². The number of hydrogen-bond donors (Lipinski definition) is 3. The molecule has 1 aliphatic rings. The van der Waals surface area contributed by atoms with Crippen molar-refractivity contribution in [2.75, 3.05) is 35.8 Å². The van der Waals surface area contributed by atoms with Gasteiger partial charge in [-0.1, -0.05) is 18.2 Å². The molecule has 15 heteroatoms. The minimum absolute atomic E-state index is 0.0540. The number of ether oxygens (including phenoxy) is 1.